The fourth-order valence-electron chi connectivity index (χ4n) is 1.36. The Morgan fingerprint density at radius 2 is 1.24 bits per heavy atom. The summed E-state index contributed by atoms with van der Waals surface area (Å²) in [6.45, 7) is 6.41. The molecule has 1 N–H and O–H groups in total. The van der Waals surface area contributed by atoms with Gasteiger partial charge in [-0.3, -0.25) is 0 Å². The molecule has 17 heavy (non-hydrogen) atoms. The molecule has 0 unspecified atom stereocenters. The SMILES string of the molecule is Cc1ccc(CO)cc1.Cc1ccccc1C. The molecular formula is C16H20O. The highest BCUT2D eigenvalue weighted by Crippen LogP contribution is 2.02. The third kappa shape index (κ3) is 4.83. The topological polar surface area (TPSA) is 20.2 Å². The smallest absolute Gasteiger partial charge is 0.0681 e. The van der Waals surface area contributed by atoms with Gasteiger partial charge in [0.1, 0.15) is 0 Å². The van der Waals surface area contributed by atoms with Crippen molar-refractivity contribution < 1.29 is 5.11 Å². The van der Waals surface area contributed by atoms with Crippen LogP contribution in [0.25, 0.3) is 0 Å². The second-order valence-corrected chi connectivity index (χ2v) is 4.23. The van der Waals surface area contributed by atoms with Crippen LogP contribution in [0.3, 0.4) is 0 Å². The van der Waals surface area contributed by atoms with Gasteiger partial charge in [0.25, 0.3) is 0 Å². The number of aliphatic hydroxyl groups excluding tert-OH is 1. The Balaban J connectivity index is 0.000000171. The molecule has 0 amide bonds. The molecule has 1 heteroatoms. The van der Waals surface area contributed by atoms with E-state index in [1.54, 1.807) is 0 Å². The third-order valence-electron chi connectivity index (χ3n) is 2.73. The highest BCUT2D eigenvalue weighted by molar-refractivity contribution is 5.23. The lowest BCUT2D eigenvalue weighted by atomic mass is 10.1. The van der Waals surface area contributed by atoms with Gasteiger partial charge in [-0.05, 0) is 37.5 Å². The number of rotatable bonds is 1. The van der Waals surface area contributed by atoms with E-state index in [4.69, 9.17) is 5.11 Å². The Bertz CT molecular complexity index is 422. The van der Waals surface area contributed by atoms with Crippen LogP contribution < -0.4 is 0 Å². The quantitative estimate of drug-likeness (QED) is 0.787. The van der Waals surface area contributed by atoms with Crippen molar-refractivity contribution in [2.45, 2.75) is 27.4 Å². The molecule has 0 fully saturated rings. The molecule has 1 nitrogen and oxygen atoms in total. The Labute approximate surface area is 104 Å². The van der Waals surface area contributed by atoms with E-state index in [1.165, 1.54) is 16.7 Å². The highest BCUT2D eigenvalue weighted by Gasteiger charge is 1.86. The van der Waals surface area contributed by atoms with Gasteiger partial charge >= 0.3 is 0 Å². The lowest BCUT2D eigenvalue weighted by Crippen LogP contribution is -1.80. The van der Waals surface area contributed by atoms with Crippen molar-refractivity contribution >= 4 is 0 Å². The third-order valence-corrected chi connectivity index (χ3v) is 2.73. The van der Waals surface area contributed by atoms with E-state index < -0.39 is 0 Å². The monoisotopic (exact) mass is 228 g/mol. The summed E-state index contributed by atoms with van der Waals surface area (Å²) < 4.78 is 0. The van der Waals surface area contributed by atoms with Crippen molar-refractivity contribution in [3.05, 3.63) is 70.8 Å². The number of benzene rings is 2. The minimum atomic E-state index is 0.139. The summed E-state index contributed by atoms with van der Waals surface area (Å²) >= 11 is 0. The van der Waals surface area contributed by atoms with Crippen molar-refractivity contribution in [1.82, 2.24) is 0 Å². The van der Waals surface area contributed by atoms with Gasteiger partial charge in [0.2, 0.25) is 0 Å². The Kier molecular flexibility index (Phi) is 5.44. The van der Waals surface area contributed by atoms with Crippen molar-refractivity contribution in [2.75, 3.05) is 0 Å². The molecule has 2 aromatic carbocycles. The fraction of sp³-hybridized carbons (Fsp3) is 0.250. The summed E-state index contributed by atoms with van der Waals surface area (Å²) in [6.07, 6.45) is 0. The van der Waals surface area contributed by atoms with Gasteiger partial charge in [-0.1, -0.05) is 54.1 Å². The number of hydrogen-bond donors (Lipinski definition) is 1. The van der Waals surface area contributed by atoms with E-state index in [-0.39, 0.29) is 6.61 Å². The summed E-state index contributed by atoms with van der Waals surface area (Å²) in [7, 11) is 0. The van der Waals surface area contributed by atoms with Crippen LogP contribution in [0.5, 0.6) is 0 Å². The van der Waals surface area contributed by atoms with Crippen LogP contribution in [-0.2, 0) is 6.61 Å². The first-order valence-electron chi connectivity index (χ1n) is 5.82. The summed E-state index contributed by atoms with van der Waals surface area (Å²) in [6, 6.07) is 16.2. The van der Waals surface area contributed by atoms with E-state index in [0.717, 1.165) is 5.56 Å². The van der Waals surface area contributed by atoms with Crippen LogP contribution in [-0.4, -0.2) is 5.11 Å². The molecule has 0 aromatic heterocycles. The van der Waals surface area contributed by atoms with Crippen LogP contribution in [0.15, 0.2) is 48.5 Å². The van der Waals surface area contributed by atoms with E-state index in [0.29, 0.717) is 0 Å². The zero-order chi connectivity index (χ0) is 12.7. The normalized spacial score (nSPS) is 9.41. The molecule has 0 aliphatic carbocycles. The van der Waals surface area contributed by atoms with Gasteiger partial charge in [-0.15, -0.1) is 0 Å². The van der Waals surface area contributed by atoms with Gasteiger partial charge < -0.3 is 5.11 Å². The molecule has 2 aromatic rings. The van der Waals surface area contributed by atoms with Gasteiger partial charge in [-0.25, -0.2) is 0 Å². The molecular weight excluding hydrogens is 208 g/mol. The van der Waals surface area contributed by atoms with E-state index in [2.05, 4.69) is 38.1 Å². The molecule has 0 spiro atoms. The highest BCUT2D eigenvalue weighted by atomic mass is 16.3. The predicted molar refractivity (Wildman–Crippen MR) is 73.0 cm³/mol. The van der Waals surface area contributed by atoms with Crippen molar-refractivity contribution in [3.8, 4) is 0 Å². The molecule has 0 heterocycles. The van der Waals surface area contributed by atoms with Gasteiger partial charge in [0, 0.05) is 0 Å². The van der Waals surface area contributed by atoms with E-state index in [9.17, 15) is 0 Å². The Hall–Kier alpha value is -1.60. The number of hydrogen-bond acceptors (Lipinski definition) is 1. The second kappa shape index (κ2) is 6.87. The van der Waals surface area contributed by atoms with E-state index in [1.807, 2.05) is 31.2 Å². The maximum atomic E-state index is 8.63. The number of aryl methyl sites for hydroxylation is 3. The molecule has 0 atom stereocenters. The van der Waals surface area contributed by atoms with Crippen molar-refractivity contribution in [3.63, 3.8) is 0 Å². The van der Waals surface area contributed by atoms with Crippen LogP contribution in [0.2, 0.25) is 0 Å². The van der Waals surface area contributed by atoms with Gasteiger partial charge in [-0.2, -0.15) is 0 Å². The standard InChI is InChI=1S/C8H10O.C8H10/c1-7-2-4-8(6-9)5-3-7;1-7-5-3-4-6-8(7)2/h2-5,9H,6H2,1H3;3-6H,1-2H3. The van der Waals surface area contributed by atoms with Crippen molar-refractivity contribution in [2.24, 2.45) is 0 Å². The molecule has 0 aliphatic rings. The molecule has 0 saturated heterocycles. The first-order chi connectivity index (χ1) is 8.13. The number of aliphatic hydroxyl groups is 1. The summed E-state index contributed by atoms with van der Waals surface area (Å²) in [4.78, 5) is 0. The van der Waals surface area contributed by atoms with Gasteiger partial charge in [0.15, 0.2) is 0 Å². The van der Waals surface area contributed by atoms with Gasteiger partial charge in [0.05, 0.1) is 6.61 Å². The van der Waals surface area contributed by atoms with E-state index >= 15 is 0 Å². The second-order valence-electron chi connectivity index (χ2n) is 4.23. The molecule has 0 aliphatic heterocycles. The van der Waals surface area contributed by atoms with Crippen LogP contribution in [0.4, 0.5) is 0 Å². The minimum absolute atomic E-state index is 0.139. The lowest BCUT2D eigenvalue weighted by Gasteiger charge is -1.93. The zero-order valence-corrected chi connectivity index (χ0v) is 10.8. The summed E-state index contributed by atoms with van der Waals surface area (Å²) in [5.74, 6) is 0. The summed E-state index contributed by atoms with van der Waals surface area (Å²) in [5, 5.41) is 8.63. The molecule has 0 saturated carbocycles. The zero-order valence-electron chi connectivity index (χ0n) is 10.8. The maximum Gasteiger partial charge on any atom is 0.0681 e. The lowest BCUT2D eigenvalue weighted by molar-refractivity contribution is 0.282. The minimum Gasteiger partial charge on any atom is -0.392 e. The van der Waals surface area contributed by atoms with Crippen LogP contribution in [0, 0.1) is 20.8 Å². The first-order valence-corrected chi connectivity index (χ1v) is 5.82. The summed E-state index contributed by atoms with van der Waals surface area (Å²) in [5.41, 5.74) is 4.94. The maximum absolute atomic E-state index is 8.63. The van der Waals surface area contributed by atoms with Crippen LogP contribution >= 0.6 is 0 Å². The predicted octanol–water partition coefficient (Wildman–Crippen LogP) is 3.79. The Morgan fingerprint density at radius 1 is 0.765 bits per heavy atom. The largest absolute Gasteiger partial charge is 0.392 e. The molecule has 0 bridgehead atoms. The fourth-order valence-corrected chi connectivity index (χ4v) is 1.36. The average Bonchev–Trinajstić information content (AvgIpc) is 2.35. The Morgan fingerprint density at radius 3 is 1.59 bits per heavy atom. The van der Waals surface area contributed by atoms with Crippen molar-refractivity contribution in [1.29, 1.82) is 0 Å². The molecule has 2 rings (SSSR count). The average molecular weight is 228 g/mol. The first kappa shape index (κ1) is 13.5. The molecule has 0 radical (unpaired) electrons. The van der Waals surface area contributed by atoms with Crippen LogP contribution in [0.1, 0.15) is 22.3 Å². The molecule has 90 valence electrons.